The summed E-state index contributed by atoms with van der Waals surface area (Å²) in [5.41, 5.74) is 2.31. The van der Waals surface area contributed by atoms with E-state index in [4.69, 9.17) is 9.47 Å². The van der Waals surface area contributed by atoms with Crippen LogP contribution in [-0.4, -0.2) is 85.4 Å². The lowest BCUT2D eigenvalue weighted by Crippen LogP contribution is -2.58. The Balaban J connectivity index is 1.32. The predicted molar refractivity (Wildman–Crippen MR) is 123 cm³/mol. The first kappa shape index (κ1) is 22.1. The molecule has 0 aromatic heterocycles. The molecule has 168 valence electrons. The van der Waals surface area contributed by atoms with Gasteiger partial charge >= 0.3 is 0 Å². The highest BCUT2D eigenvalue weighted by Gasteiger charge is 2.33. The summed E-state index contributed by atoms with van der Waals surface area (Å²) in [7, 11) is 3.85. The van der Waals surface area contributed by atoms with Crippen molar-refractivity contribution in [3.8, 4) is 11.5 Å². The minimum atomic E-state index is -0.299. The lowest BCUT2D eigenvalue weighted by molar-refractivity contribution is -0.0286. The molecule has 2 fully saturated rings. The maximum absolute atomic E-state index is 10.8. The van der Waals surface area contributed by atoms with Crippen molar-refractivity contribution in [2.45, 2.75) is 31.7 Å². The third-order valence-corrected chi connectivity index (χ3v) is 6.51. The van der Waals surface area contributed by atoms with Crippen LogP contribution in [0.2, 0.25) is 0 Å². The lowest BCUT2D eigenvalue weighted by Gasteiger charge is -2.44. The summed E-state index contributed by atoms with van der Waals surface area (Å²) in [6.45, 7) is 7.33. The molecular formula is C25H35N3O3. The van der Waals surface area contributed by atoms with Gasteiger partial charge in [0.25, 0.3) is 0 Å². The second-order valence-corrected chi connectivity index (χ2v) is 8.76. The van der Waals surface area contributed by atoms with Crippen molar-refractivity contribution in [1.29, 1.82) is 0 Å². The van der Waals surface area contributed by atoms with Gasteiger partial charge in [-0.05, 0) is 36.7 Å². The van der Waals surface area contributed by atoms with Gasteiger partial charge in [0.2, 0.25) is 0 Å². The first-order chi connectivity index (χ1) is 15.1. The average Bonchev–Trinajstić information content (AvgIpc) is 2.80. The molecule has 2 heterocycles. The van der Waals surface area contributed by atoms with Crippen LogP contribution < -0.4 is 9.47 Å². The number of methoxy groups -OCH3 is 1. The fourth-order valence-electron chi connectivity index (χ4n) is 4.63. The van der Waals surface area contributed by atoms with Gasteiger partial charge in [0.1, 0.15) is 6.61 Å². The van der Waals surface area contributed by atoms with E-state index in [2.05, 4.69) is 46.0 Å². The first-order valence-electron chi connectivity index (χ1n) is 11.3. The molecular weight excluding hydrogens is 390 g/mol. The van der Waals surface area contributed by atoms with Crippen LogP contribution in [0, 0.1) is 0 Å². The standard InChI is InChI=1S/C25H35N3O3/c1-26-12-14-28(15-13-26)22-10-11-27(18-23(22)29)17-21-8-9-24(25(16-21)30-2)31-19-20-6-4-3-5-7-20/h3-9,16,22-23,29H,10-15,17-19H2,1-2H3/t22-,23-/m1/s1. The number of aliphatic hydroxyl groups excluding tert-OH is 1. The van der Waals surface area contributed by atoms with Crippen LogP contribution in [-0.2, 0) is 13.2 Å². The fourth-order valence-corrected chi connectivity index (χ4v) is 4.63. The quantitative estimate of drug-likeness (QED) is 0.736. The molecule has 0 aliphatic carbocycles. The van der Waals surface area contributed by atoms with Crippen molar-refractivity contribution in [3.05, 3.63) is 59.7 Å². The van der Waals surface area contributed by atoms with Crippen molar-refractivity contribution in [2.24, 2.45) is 0 Å². The second kappa shape index (κ2) is 10.5. The van der Waals surface area contributed by atoms with E-state index in [1.165, 1.54) is 5.56 Å². The Morgan fingerprint density at radius 2 is 1.71 bits per heavy atom. The van der Waals surface area contributed by atoms with E-state index >= 15 is 0 Å². The molecule has 0 bridgehead atoms. The first-order valence-corrected chi connectivity index (χ1v) is 11.3. The second-order valence-electron chi connectivity index (χ2n) is 8.76. The number of hydrogen-bond acceptors (Lipinski definition) is 6. The Morgan fingerprint density at radius 1 is 0.935 bits per heavy atom. The van der Waals surface area contributed by atoms with E-state index in [0.717, 1.165) is 62.8 Å². The zero-order valence-corrected chi connectivity index (χ0v) is 18.7. The molecule has 2 atom stereocenters. The summed E-state index contributed by atoms with van der Waals surface area (Å²) in [5, 5.41) is 10.8. The molecule has 2 aliphatic heterocycles. The van der Waals surface area contributed by atoms with Crippen LogP contribution >= 0.6 is 0 Å². The van der Waals surface area contributed by atoms with E-state index in [-0.39, 0.29) is 12.1 Å². The predicted octanol–water partition coefficient (Wildman–Crippen LogP) is 2.46. The number of nitrogens with zero attached hydrogens (tertiary/aromatic N) is 3. The Bertz CT molecular complexity index is 824. The maximum Gasteiger partial charge on any atom is 0.161 e. The number of hydrogen-bond donors (Lipinski definition) is 1. The van der Waals surface area contributed by atoms with Crippen molar-refractivity contribution in [3.63, 3.8) is 0 Å². The SMILES string of the molecule is COc1cc(CN2CC[C@@H](N3CCN(C)CC3)[C@H](O)C2)ccc1OCc1ccccc1. The van der Waals surface area contributed by atoms with Gasteiger partial charge in [-0.2, -0.15) is 0 Å². The molecule has 6 nitrogen and oxygen atoms in total. The molecule has 4 rings (SSSR count). The van der Waals surface area contributed by atoms with E-state index in [1.54, 1.807) is 7.11 Å². The zero-order valence-electron chi connectivity index (χ0n) is 18.7. The zero-order chi connectivity index (χ0) is 21.6. The van der Waals surface area contributed by atoms with Gasteiger partial charge < -0.3 is 19.5 Å². The summed E-state index contributed by atoms with van der Waals surface area (Å²) in [6, 6.07) is 16.6. The molecule has 0 unspecified atom stereocenters. The summed E-state index contributed by atoms with van der Waals surface area (Å²) in [5.74, 6) is 1.50. The molecule has 1 N–H and O–H groups in total. The van der Waals surface area contributed by atoms with Crippen LogP contribution in [0.4, 0.5) is 0 Å². The fraction of sp³-hybridized carbons (Fsp3) is 0.520. The largest absolute Gasteiger partial charge is 0.493 e. The summed E-state index contributed by atoms with van der Waals surface area (Å²) in [4.78, 5) is 7.18. The number of ether oxygens (including phenoxy) is 2. The number of benzene rings is 2. The molecule has 2 aromatic carbocycles. The third kappa shape index (κ3) is 5.77. The minimum Gasteiger partial charge on any atom is -0.493 e. The summed E-state index contributed by atoms with van der Waals surface area (Å²) >= 11 is 0. The monoisotopic (exact) mass is 425 g/mol. The van der Waals surface area contributed by atoms with E-state index in [0.29, 0.717) is 13.2 Å². The van der Waals surface area contributed by atoms with Crippen LogP contribution in [0.1, 0.15) is 17.5 Å². The number of aliphatic hydroxyl groups is 1. The Hall–Kier alpha value is -2.12. The van der Waals surface area contributed by atoms with Crippen molar-refractivity contribution in [1.82, 2.24) is 14.7 Å². The molecule has 2 aliphatic rings. The normalized spacial score (nSPS) is 23.6. The van der Waals surface area contributed by atoms with Gasteiger partial charge in [-0.25, -0.2) is 0 Å². The summed E-state index contributed by atoms with van der Waals surface area (Å²) < 4.78 is 11.6. The Kier molecular flexibility index (Phi) is 7.45. The van der Waals surface area contributed by atoms with Crippen LogP contribution in [0.3, 0.4) is 0 Å². The number of likely N-dealkylation sites (tertiary alicyclic amines) is 1. The van der Waals surface area contributed by atoms with Gasteiger partial charge in [0.15, 0.2) is 11.5 Å². The number of piperidine rings is 1. The van der Waals surface area contributed by atoms with Gasteiger partial charge in [-0.1, -0.05) is 36.4 Å². The molecule has 0 spiro atoms. The van der Waals surface area contributed by atoms with E-state index in [1.807, 2.05) is 24.3 Å². The highest BCUT2D eigenvalue weighted by atomic mass is 16.5. The molecule has 2 aromatic rings. The minimum absolute atomic E-state index is 0.285. The molecule has 31 heavy (non-hydrogen) atoms. The Labute approximate surface area is 186 Å². The molecule has 0 saturated carbocycles. The third-order valence-electron chi connectivity index (χ3n) is 6.51. The molecule has 0 amide bonds. The van der Waals surface area contributed by atoms with Crippen molar-refractivity contribution in [2.75, 3.05) is 53.4 Å². The highest BCUT2D eigenvalue weighted by Crippen LogP contribution is 2.30. The van der Waals surface area contributed by atoms with Gasteiger partial charge in [-0.3, -0.25) is 9.80 Å². The molecule has 6 heteroatoms. The average molecular weight is 426 g/mol. The van der Waals surface area contributed by atoms with Crippen molar-refractivity contribution >= 4 is 0 Å². The van der Waals surface area contributed by atoms with Crippen LogP contribution in [0.5, 0.6) is 11.5 Å². The van der Waals surface area contributed by atoms with Crippen LogP contribution in [0.25, 0.3) is 0 Å². The number of likely N-dealkylation sites (N-methyl/N-ethyl adjacent to an activating group) is 1. The Morgan fingerprint density at radius 3 is 2.42 bits per heavy atom. The van der Waals surface area contributed by atoms with Gasteiger partial charge in [0.05, 0.1) is 13.2 Å². The topological polar surface area (TPSA) is 48.4 Å². The van der Waals surface area contributed by atoms with Gasteiger partial charge in [0, 0.05) is 51.9 Å². The maximum atomic E-state index is 10.8. The number of β-amino-alcohol motifs (C(OH)–C–C–N with tert-alkyl or cyclic N) is 1. The van der Waals surface area contributed by atoms with E-state index < -0.39 is 0 Å². The van der Waals surface area contributed by atoms with Crippen LogP contribution in [0.15, 0.2) is 48.5 Å². The molecule has 2 saturated heterocycles. The van der Waals surface area contributed by atoms with E-state index in [9.17, 15) is 5.11 Å². The summed E-state index contributed by atoms with van der Waals surface area (Å²) in [6.07, 6.45) is 0.716. The smallest absolute Gasteiger partial charge is 0.161 e. The highest BCUT2D eigenvalue weighted by molar-refractivity contribution is 5.43. The van der Waals surface area contributed by atoms with Crippen molar-refractivity contribution < 1.29 is 14.6 Å². The lowest BCUT2D eigenvalue weighted by atomic mass is 9.98. The number of piperazine rings is 1. The number of rotatable bonds is 7. The molecule has 0 radical (unpaired) electrons. The van der Waals surface area contributed by atoms with Gasteiger partial charge in [-0.15, -0.1) is 0 Å².